The Balaban J connectivity index is 1.96. The van der Waals surface area contributed by atoms with Crippen molar-refractivity contribution in [1.82, 2.24) is 14.5 Å². The molecule has 0 aromatic carbocycles. The number of H-pyrrole nitrogens is 1. The van der Waals surface area contributed by atoms with Gasteiger partial charge in [0.15, 0.2) is 10.4 Å². The average molecular weight is 340 g/mol. The molecule has 1 aliphatic carbocycles. The van der Waals surface area contributed by atoms with E-state index in [2.05, 4.69) is 37.4 Å². The average Bonchev–Trinajstić information content (AvgIpc) is 2.68. The number of pyridine rings is 1. The Hall–Kier alpha value is -0.680. The van der Waals surface area contributed by atoms with Crippen LogP contribution in [-0.2, 0) is 6.54 Å². The van der Waals surface area contributed by atoms with E-state index in [1.54, 1.807) is 0 Å². The van der Waals surface area contributed by atoms with E-state index in [1.807, 2.05) is 12.3 Å². The van der Waals surface area contributed by atoms with Crippen LogP contribution in [-0.4, -0.2) is 14.5 Å². The zero-order valence-electron chi connectivity index (χ0n) is 11.0. The van der Waals surface area contributed by atoms with Crippen molar-refractivity contribution in [2.45, 2.75) is 39.2 Å². The van der Waals surface area contributed by atoms with E-state index in [0.29, 0.717) is 0 Å². The smallest absolute Gasteiger partial charge is 0.179 e. The maximum Gasteiger partial charge on any atom is 0.179 e. The summed E-state index contributed by atoms with van der Waals surface area (Å²) in [5.41, 5.74) is 1.99. The number of fused-ring (bicyclic) bond motifs is 1. The third kappa shape index (κ3) is 2.63. The van der Waals surface area contributed by atoms with E-state index in [9.17, 15) is 0 Å². The van der Waals surface area contributed by atoms with Gasteiger partial charge in [0.25, 0.3) is 0 Å². The molecule has 3 nitrogen and oxygen atoms in total. The molecular formula is C14H18BrN3S. The fourth-order valence-electron chi connectivity index (χ4n) is 3.09. The number of nitrogens with zero attached hydrogens (tertiary/aromatic N) is 2. The molecule has 1 N–H and O–H groups in total. The highest BCUT2D eigenvalue weighted by Gasteiger charge is 2.22. The second-order valence-corrected chi connectivity index (χ2v) is 6.89. The zero-order chi connectivity index (χ0) is 13.4. The van der Waals surface area contributed by atoms with Gasteiger partial charge in [-0.25, -0.2) is 4.98 Å². The number of hydrogen-bond donors (Lipinski definition) is 1. The number of imidazole rings is 1. The van der Waals surface area contributed by atoms with Gasteiger partial charge in [-0.05, 0) is 52.5 Å². The molecule has 1 fully saturated rings. The molecule has 102 valence electrons. The van der Waals surface area contributed by atoms with Crippen LogP contribution >= 0.6 is 28.1 Å². The first-order valence-corrected chi connectivity index (χ1v) is 8.09. The lowest BCUT2D eigenvalue weighted by Crippen LogP contribution is -2.22. The normalized spacial score (nSPS) is 23.9. The molecule has 2 aromatic rings. The van der Waals surface area contributed by atoms with Gasteiger partial charge in [0.05, 0.1) is 5.52 Å². The van der Waals surface area contributed by atoms with Crippen molar-refractivity contribution in [1.29, 1.82) is 0 Å². The van der Waals surface area contributed by atoms with Gasteiger partial charge in [-0.3, -0.25) is 0 Å². The highest BCUT2D eigenvalue weighted by molar-refractivity contribution is 9.10. The largest absolute Gasteiger partial charge is 0.329 e. The van der Waals surface area contributed by atoms with Gasteiger partial charge >= 0.3 is 0 Å². The minimum absolute atomic E-state index is 0.727. The third-order valence-corrected chi connectivity index (χ3v) is 5.04. The van der Waals surface area contributed by atoms with E-state index in [-0.39, 0.29) is 0 Å². The lowest BCUT2D eigenvalue weighted by molar-refractivity contribution is 0.229. The van der Waals surface area contributed by atoms with Gasteiger partial charge in [0.1, 0.15) is 0 Å². The molecule has 2 heterocycles. The molecule has 2 aromatic heterocycles. The second kappa shape index (κ2) is 5.37. The molecule has 5 heteroatoms. The summed E-state index contributed by atoms with van der Waals surface area (Å²) in [6.07, 6.45) is 7.23. The van der Waals surface area contributed by atoms with E-state index < -0.39 is 0 Å². The van der Waals surface area contributed by atoms with Gasteiger partial charge < -0.3 is 9.55 Å². The van der Waals surface area contributed by atoms with Gasteiger partial charge in [-0.1, -0.05) is 26.2 Å². The molecule has 0 saturated heterocycles. The third-order valence-electron chi connectivity index (χ3n) is 4.28. The van der Waals surface area contributed by atoms with E-state index in [1.165, 1.54) is 25.7 Å². The van der Waals surface area contributed by atoms with Crippen LogP contribution in [0, 0.1) is 16.6 Å². The SMILES string of the molecule is CC1CCCCC1Cn1c(=S)[nH]c2cc(Br)cnc21. The van der Waals surface area contributed by atoms with Crippen molar-refractivity contribution < 1.29 is 0 Å². The molecule has 0 radical (unpaired) electrons. The first-order valence-electron chi connectivity index (χ1n) is 6.89. The Morgan fingerprint density at radius 2 is 2.26 bits per heavy atom. The van der Waals surface area contributed by atoms with Gasteiger partial charge in [0.2, 0.25) is 0 Å². The number of aromatic amines is 1. The molecule has 0 amide bonds. The lowest BCUT2D eigenvalue weighted by Gasteiger charge is -2.28. The monoisotopic (exact) mass is 339 g/mol. The topological polar surface area (TPSA) is 33.6 Å². The van der Waals surface area contributed by atoms with E-state index in [4.69, 9.17) is 12.2 Å². The van der Waals surface area contributed by atoms with Crippen LogP contribution in [0.1, 0.15) is 32.6 Å². The molecule has 19 heavy (non-hydrogen) atoms. The van der Waals surface area contributed by atoms with E-state index >= 15 is 0 Å². The molecule has 0 bridgehead atoms. The molecule has 2 unspecified atom stereocenters. The maximum atomic E-state index is 5.46. The molecule has 3 rings (SSSR count). The molecule has 1 saturated carbocycles. The Labute approximate surface area is 126 Å². The Bertz CT molecular complexity index is 646. The van der Waals surface area contributed by atoms with E-state index in [0.717, 1.165) is 38.8 Å². The number of nitrogens with one attached hydrogen (secondary N) is 1. The first-order chi connectivity index (χ1) is 9.15. The summed E-state index contributed by atoms with van der Waals surface area (Å²) in [6, 6.07) is 2.04. The highest BCUT2D eigenvalue weighted by Crippen LogP contribution is 2.31. The van der Waals surface area contributed by atoms with Crippen LogP contribution in [0.15, 0.2) is 16.7 Å². The van der Waals surface area contributed by atoms with Crippen molar-refractivity contribution in [2.75, 3.05) is 0 Å². The molecule has 1 aliphatic rings. The Morgan fingerprint density at radius 3 is 3.05 bits per heavy atom. The number of hydrogen-bond acceptors (Lipinski definition) is 2. The molecule has 2 atom stereocenters. The summed E-state index contributed by atoms with van der Waals surface area (Å²) in [5.74, 6) is 1.51. The summed E-state index contributed by atoms with van der Waals surface area (Å²) >= 11 is 8.90. The maximum absolute atomic E-state index is 5.46. The summed E-state index contributed by atoms with van der Waals surface area (Å²) in [7, 11) is 0. The van der Waals surface area contributed by atoms with Crippen molar-refractivity contribution in [3.8, 4) is 0 Å². The Kier molecular flexibility index (Phi) is 3.76. The quantitative estimate of drug-likeness (QED) is 0.805. The fourth-order valence-corrected chi connectivity index (χ4v) is 3.69. The van der Waals surface area contributed by atoms with Crippen LogP contribution in [0.3, 0.4) is 0 Å². The number of halogens is 1. The van der Waals surface area contributed by atoms with Gasteiger partial charge in [0, 0.05) is 17.2 Å². The van der Waals surface area contributed by atoms with Crippen molar-refractivity contribution >= 4 is 39.3 Å². The minimum Gasteiger partial charge on any atom is -0.329 e. The van der Waals surface area contributed by atoms with Crippen LogP contribution < -0.4 is 0 Å². The van der Waals surface area contributed by atoms with Crippen LogP contribution in [0.25, 0.3) is 11.2 Å². The van der Waals surface area contributed by atoms with Crippen molar-refractivity contribution in [2.24, 2.45) is 11.8 Å². The van der Waals surface area contributed by atoms with Crippen LogP contribution in [0.2, 0.25) is 0 Å². The molecule has 0 spiro atoms. The number of aromatic nitrogens is 3. The Morgan fingerprint density at radius 1 is 1.47 bits per heavy atom. The summed E-state index contributed by atoms with van der Waals surface area (Å²) in [4.78, 5) is 7.77. The van der Waals surface area contributed by atoms with Crippen LogP contribution in [0.5, 0.6) is 0 Å². The molecular weight excluding hydrogens is 322 g/mol. The molecule has 0 aliphatic heterocycles. The predicted octanol–water partition coefficient (Wildman–Crippen LogP) is 4.68. The zero-order valence-corrected chi connectivity index (χ0v) is 13.4. The highest BCUT2D eigenvalue weighted by atomic mass is 79.9. The minimum atomic E-state index is 0.727. The standard InChI is InChI=1S/C14H18BrN3S/c1-9-4-2-3-5-10(9)8-18-13-12(17-14(18)19)6-11(15)7-16-13/h6-7,9-10H,2-5,8H2,1H3,(H,17,19). The van der Waals surface area contributed by atoms with Crippen molar-refractivity contribution in [3.63, 3.8) is 0 Å². The van der Waals surface area contributed by atoms with Crippen molar-refractivity contribution in [3.05, 3.63) is 21.5 Å². The second-order valence-electron chi connectivity index (χ2n) is 5.59. The van der Waals surface area contributed by atoms with Gasteiger partial charge in [-0.2, -0.15) is 0 Å². The number of rotatable bonds is 2. The summed E-state index contributed by atoms with van der Waals surface area (Å²) < 4.78 is 3.94. The summed E-state index contributed by atoms with van der Waals surface area (Å²) in [6.45, 7) is 3.36. The fraction of sp³-hybridized carbons (Fsp3) is 0.571. The lowest BCUT2D eigenvalue weighted by atomic mass is 9.80. The first kappa shape index (κ1) is 13.3. The van der Waals surface area contributed by atoms with Gasteiger partial charge in [-0.15, -0.1) is 0 Å². The summed E-state index contributed by atoms with van der Waals surface area (Å²) in [5, 5.41) is 0. The predicted molar refractivity (Wildman–Crippen MR) is 83.7 cm³/mol. The van der Waals surface area contributed by atoms with Crippen LogP contribution in [0.4, 0.5) is 0 Å².